The highest BCUT2D eigenvalue weighted by Crippen LogP contribution is 2.31. The molecule has 0 aliphatic rings. The van der Waals surface area contributed by atoms with E-state index < -0.39 is 11.2 Å². The maximum absolute atomic E-state index is 12.0. The van der Waals surface area contributed by atoms with Gasteiger partial charge in [0.2, 0.25) is 5.82 Å². The molecule has 0 heterocycles. The molecule has 0 atom stereocenters. The molecule has 0 aliphatic carbocycles. The normalized spacial score (nSPS) is 14.1. The van der Waals surface area contributed by atoms with Crippen LogP contribution >= 0.6 is 0 Å². The summed E-state index contributed by atoms with van der Waals surface area (Å²) in [5.41, 5.74) is -1.12. The summed E-state index contributed by atoms with van der Waals surface area (Å²) < 4.78 is 24.0. The van der Waals surface area contributed by atoms with Crippen molar-refractivity contribution in [2.24, 2.45) is 5.41 Å². The van der Waals surface area contributed by atoms with Gasteiger partial charge in [-0.2, -0.15) is 0 Å². The third-order valence-electron chi connectivity index (χ3n) is 1.000. The molecule has 46 valence electrons. The Kier molecular flexibility index (Phi) is 1.69. The second-order valence-electron chi connectivity index (χ2n) is 2.87. The smallest absolute Gasteiger partial charge is 0.204 e. The molecule has 0 nitrogen and oxygen atoms in total. The summed E-state index contributed by atoms with van der Waals surface area (Å²) in [5.74, 6) is -3.06. The molecule has 0 saturated heterocycles. The fraction of sp³-hybridized carbons (Fsp3) is 1.00. The van der Waals surface area contributed by atoms with Crippen LogP contribution in [0.2, 0.25) is 0 Å². The third-order valence-corrected chi connectivity index (χ3v) is 1.000. The van der Waals surface area contributed by atoms with Crippen molar-refractivity contribution in [3.63, 3.8) is 0 Å². The van der Waals surface area contributed by atoms with Crippen LogP contribution in [0.25, 0.3) is 0 Å². The van der Waals surface area contributed by atoms with E-state index >= 15 is 0 Å². The predicted octanol–water partition coefficient (Wildman–Crippen LogP) is 1.79. The highest BCUT2D eigenvalue weighted by Gasteiger charge is 2.36. The van der Waals surface area contributed by atoms with Gasteiger partial charge in [-0.15, -0.1) is 0 Å². The predicted molar refractivity (Wildman–Crippen MR) is 30.2 cm³/mol. The maximum atomic E-state index is 12.0. The molecule has 0 aromatic heterocycles. The van der Waals surface area contributed by atoms with Crippen molar-refractivity contribution in [1.29, 1.82) is 0 Å². The first-order chi connectivity index (χ1) is 3.25. The molecular weight excluding hydrogens is 109 g/mol. The Balaban J connectivity index is 4.02. The molecule has 0 unspecified atom stereocenters. The number of alkyl halides is 2. The van der Waals surface area contributed by atoms with Crippen molar-refractivity contribution >= 4 is 7.85 Å². The Hall–Kier alpha value is -0.0751. The lowest BCUT2D eigenvalue weighted by atomic mass is 9.76. The molecule has 0 amide bonds. The minimum atomic E-state index is -3.06. The van der Waals surface area contributed by atoms with Gasteiger partial charge >= 0.3 is 0 Å². The van der Waals surface area contributed by atoms with E-state index in [1.807, 2.05) is 0 Å². The average Bonchev–Trinajstić information content (AvgIpc) is 1.25. The lowest BCUT2D eigenvalue weighted by Gasteiger charge is -2.26. The van der Waals surface area contributed by atoms with Crippen molar-refractivity contribution in [1.82, 2.24) is 0 Å². The lowest BCUT2D eigenvalue weighted by molar-refractivity contribution is -0.0150. The zero-order valence-electron chi connectivity index (χ0n) is 5.33. The quantitative estimate of drug-likeness (QED) is 0.425. The van der Waals surface area contributed by atoms with Gasteiger partial charge in [0.05, 0.1) is 0 Å². The third kappa shape index (κ3) is 1.80. The van der Waals surface area contributed by atoms with Gasteiger partial charge in [-0.25, -0.2) is 8.78 Å². The van der Waals surface area contributed by atoms with Crippen molar-refractivity contribution in [3.8, 4) is 0 Å². The van der Waals surface area contributed by atoms with Crippen molar-refractivity contribution < 1.29 is 8.78 Å². The van der Waals surface area contributed by atoms with E-state index in [2.05, 4.69) is 7.85 Å². The van der Waals surface area contributed by atoms with Gasteiger partial charge in [0.25, 0.3) is 0 Å². The molecule has 0 aromatic rings. The van der Waals surface area contributed by atoms with Gasteiger partial charge in [0.1, 0.15) is 0 Å². The summed E-state index contributed by atoms with van der Waals surface area (Å²) >= 11 is 0. The van der Waals surface area contributed by atoms with Gasteiger partial charge in [0.15, 0.2) is 7.85 Å². The zero-order valence-corrected chi connectivity index (χ0v) is 5.33. The number of hydrogen-bond donors (Lipinski definition) is 0. The van der Waals surface area contributed by atoms with E-state index in [1.54, 1.807) is 0 Å². The second kappa shape index (κ2) is 1.71. The molecule has 0 aliphatic heterocycles. The average molecular weight is 118 g/mol. The molecule has 0 spiro atoms. The van der Waals surface area contributed by atoms with Crippen LogP contribution in [0, 0.1) is 5.41 Å². The molecule has 8 heavy (non-hydrogen) atoms. The summed E-state index contributed by atoms with van der Waals surface area (Å²) in [6.07, 6.45) is 0. The minimum absolute atomic E-state index is 1.12. The van der Waals surface area contributed by atoms with Gasteiger partial charge in [0, 0.05) is 5.41 Å². The van der Waals surface area contributed by atoms with Crippen LogP contribution in [0.4, 0.5) is 8.78 Å². The van der Waals surface area contributed by atoms with Crippen LogP contribution in [0.3, 0.4) is 0 Å². The minimum Gasteiger partial charge on any atom is -0.219 e. The summed E-state index contributed by atoms with van der Waals surface area (Å²) in [4.78, 5) is 0. The molecule has 0 N–H and O–H groups in total. The zero-order chi connectivity index (χ0) is 7.00. The fourth-order valence-corrected chi connectivity index (χ4v) is 0. The Morgan fingerprint density at radius 1 is 1.12 bits per heavy atom. The van der Waals surface area contributed by atoms with Crippen molar-refractivity contribution in [2.75, 3.05) is 0 Å². The summed E-state index contributed by atoms with van der Waals surface area (Å²) in [6.45, 7) is 4.19. The van der Waals surface area contributed by atoms with Crippen LogP contribution in [0.5, 0.6) is 0 Å². The van der Waals surface area contributed by atoms with E-state index in [0.29, 0.717) is 0 Å². The van der Waals surface area contributed by atoms with Gasteiger partial charge in [-0.3, -0.25) is 0 Å². The number of halogens is 2. The topological polar surface area (TPSA) is 0 Å². The molecule has 0 aromatic carbocycles. The second-order valence-corrected chi connectivity index (χ2v) is 2.87. The Morgan fingerprint density at radius 2 is 1.25 bits per heavy atom. The highest BCUT2D eigenvalue weighted by molar-refractivity contribution is 6.13. The Labute approximate surface area is 49.7 Å². The van der Waals surface area contributed by atoms with Gasteiger partial charge < -0.3 is 0 Å². The van der Waals surface area contributed by atoms with Crippen LogP contribution in [-0.4, -0.2) is 13.7 Å². The van der Waals surface area contributed by atoms with E-state index in [-0.39, 0.29) is 0 Å². The van der Waals surface area contributed by atoms with Crippen LogP contribution in [0.1, 0.15) is 20.8 Å². The standard InChI is InChI=1S/C5H9BF2/c1-4(2,3)5(6,7)8/h1-3H3. The molecular formula is C5H9BF2. The van der Waals surface area contributed by atoms with Crippen LogP contribution in [0.15, 0.2) is 0 Å². The van der Waals surface area contributed by atoms with Crippen molar-refractivity contribution in [2.45, 2.75) is 26.6 Å². The molecule has 0 saturated carbocycles. The first kappa shape index (κ1) is 7.92. The number of hydrogen-bond acceptors (Lipinski definition) is 0. The number of rotatable bonds is 0. The Bertz CT molecular complexity index is 65.4. The van der Waals surface area contributed by atoms with Crippen molar-refractivity contribution in [3.05, 3.63) is 0 Å². The van der Waals surface area contributed by atoms with Gasteiger partial charge in [-0.1, -0.05) is 20.8 Å². The molecule has 0 bridgehead atoms. The molecule has 3 heteroatoms. The SMILES string of the molecule is [B]C(F)(F)C(C)(C)C. The van der Waals surface area contributed by atoms with E-state index in [1.165, 1.54) is 20.8 Å². The fourth-order valence-electron chi connectivity index (χ4n) is 0. The Morgan fingerprint density at radius 3 is 1.25 bits per heavy atom. The summed E-state index contributed by atoms with van der Waals surface area (Å²) in [6, 6.07) is 0. The summed E-state index contributed by atoms with van der Waals surface area (Å²) in [7, 11) is 4.48. The first-order valence-corrected chi connectivity index (χ1v) is 2.42. The molecule has 0 fully saturated rings. The molecule has 0 rings (SSSR count). The first-order valence-electron chi connectivity index (χ1n) is 2.42. The van der Waals surface area contributed by atoms with E-state index in [0.717, 1.165) is 0 Å². The van der Waals surface area contributed by atoms with E-state index in [9.17, 15) is 8.78 Å². The monoisotopic (exact) mass is 118 g/mol. The van der Waals surface area contributed by atoms with Gasteiger partial charge in [-0.05, 0) is 0 Å². The summed E-state index contributed by atoms with van der Waals surface area (Å²) in [5, 5.41) is 0. The lowest BCUT2D eigenvalue weighted by Crippen LogP contribution is -2.33. The van der Waals surface area contributed by atoms with Crippen LogP contribution < -0.4 is 0 Å². The molecule has 2 radical (unpaired) electrons. The largest absolute Gasteiger partial charge is 0.219 e. The maximum Gasteiger partial charge on any atom is 0.204 e. The van der Waals surface area contributed by atoms with Crippen LogP contribution in [-0.2, 0) is 0 Å². The van der Waals surface area contributed by atoms with E-state index in [4.69, 9.17) is 0 Å². The highest BCUT2D eigenvalue weighted by atomic mass is 19.3.